The molecule has 4 heteroatoms. The number of hydrogen-bond acceptors (Lipinski definition) is 2. The van der Waals surface area contributed by atoms with Crippen LogP contribution in [0, 0.1) is 17.7 Å². The van der Waals surface area contributed by atoms with Gasteiger partial charge in [-0.1, -0.05) is 11.6 Å². The van der Waals surface area contributed by atoms with Crippen molar-refractivity contribution in [3.63, 3.8) is 0 Å². The first-order valence-electron chi connectivity index (χ1n) is 6.56. The molecule has 1 aromatic rings. The predicted molar refractivity (Wildman–Crippen MR) is 69.5 cm³/mol. The fraction of sp³-hybridized carbons (Fsp3) is 0.571. The van der Waals surface area contributed by atoms with E-state index in [-0.39, 0.29) is 11.1 Å². The van der Waals surface area contributed by atoms with E-state index >= 15 is 0 Å². The van der Waals surface area contributed by atoms with E-state index in [9.17, 15) is 4.39 Å². The summed E-state index contributed by atoms with van der Waals surface area (Å²) in [5.74, 6) is 1.39. The van der Waals surface area contributed by atoms with Crippen LogP contribution in [0.2, 0.25) is 5.02 Å². The zero-order chi connectivity index (χ0) is 12.5. The molecule has 0 radical (unpaired) electrons. The summed E-state index contributed by atoms with van der Waals surface area (Å²) < 4.78 is 19.4. The highest BCUT2D eigenvalue weighted by atomic mass is 35.5. The van der Waals surface area contributed by atoms with Crippen LogP contribution >= 0.6 is 11.6 Å². The molecule has 2 aliphatic rings. The van der Waals surface area contributed by atoms with Crippen molar-refractivity contribution in [1.82, 2.24) is 5.32 Å². The van der Waals surface area contributed by atoms with Crippen LogP contribution in [-0.4, -0.2) is 19.2 Å². The van der Waals surface area contributed by atoms with E-state index in [1.807, 2.05) is 0 Å². The smallest absolute Gasteiger partial charge is 0.145 e. The number of ether oxygens (including phenoxy) is 1. The molecule has 1 aliphatic carbocycles. The van der Waals surface area contributed by atoms with Gasteiger partial charge in [-0.2, -0.15) is 0 Å². The largest absolute Gasteiger partial charge is 0.490 e. The molecule has 18 heavy (non-hydrogen) atoms. The van der Waals surface area contributed by atoms with Crippen molar-refractivity contribution in [2.24, 2.45) is 11.8 Å². The molecule has 98 valence electrons. The quantitative estimate of drug-likeness (QED) is 0.906. The van der Waals surface area contributed by atoms with Gasteiger partial charge in [0.15, 0.2) is 0 Å². The molecular weight excluding hydrogens is 253 g/mol. The second kappa shape index (κ2) is 5.06. The number of rotatable bonds is 4. The van der Waals surface area contributed by atoms with Crippen LogP contribution in [0.1, 0.15) is 19.3 Å². The molecule has 1 heterocycles. The zero-order valence-electron chi connectivity index (χ0n) is 10.2. The SMILES string of the molecule is Fc1cc(OC(C2CC2)C2CCNC2)ccc1Cl. The van der Waals surface area contributed by atoms with Crippen LogP contribution in [0.4, 0.5) is 4.39 Å². The van der Waals surface area contributed by atoms with Gasteiger partial charge in [0, 0.05) is 18.5 Å². The molecule has 2 atom stereocenters. The standard InChI is InChI=1S/C14H17ClFNO/c15-12-4-3-11(7-13(12)16)18-14(9-1-2-9)10-5-6-17-8-10/h3-4,7,9-10,14,17H,1-2,5-6,8H2. The zero-order valence-corrected chi connectivity index (χ0v) is 10.9. The Morgan fingerprint density at radius 1 is 1.28 bits per heavy atom. The van der Waals surface area contributed by atoms with E-state index in [0.29, 0.717) is 17.6 Å². The Labute approximate surface area is 111 Å². The van der Waals surface area contributed by atoms with Gasteiger partial charge < -0.3 is 10.1 Å². The molecule has 0 bridgehead atoms. The molecule has 1 aromatic carbocycles. The van der Waals surface area contributed by atoms with Gasteiger partial charge in [-0.25, -0.2) is 4.39 Å². The third-order valence-electron chi connectivity index (χ3n) is 3.81. The fourth-order valence-corrected chi connectivity index (χ4v) is 2.78. The second-order valence-electron chi connectivity index (χ2n) is 5.25. The van der Waals surface area contributed by atoms with Gasteiger partial charge in [0.1, 0.15) is 17.7 Å². The summed E-state index contributed by atoms with van der Waals surface area (Å²) in [6.07, 6.45) is 3.84. The minimum absolute atomic E-state index is 0.146. The van der Waals surface area contributed by atoms with E-state index in [4.69, 9.17) is 16.3 Å². The summed E-state index contributed by atoms with van der Waals surface area (Å²) in [6, 6.07) is 4.70. The summed E-state index contributed by atoms with van der Waals surface area (Å²) in [6.45, 7) is 2.07. The van der Waals surface area contributed by atoms with Crippen molar-refractivity contribution in [3.05, 3.63) is 29.0 Å². The molecule has 0 spiro atoms. The van der Waals surface area contributed by atoms with Crippen LogP contribution < -0.4 is 10.1 Å². The van der Waals surface area contributed by atoms with Crippen molar-refractivity contribution < 1.29 is 9.13 Å². The number of halogens is 2. The van der Waals surface area contributed by atoms with E-state index < -0.39 is 5.82 Å². The highest BCUT2D eigenvalue weighted by molar-refractivity contribution is 6.30. The van der Waals surface area contributed by atoms with Crippen LogP contribution in [0.15, 0.2) is 18.2 Å². The molecule has 1 saturated heterocycles. The molecule has 3 rings (SSSR count). The average Bonchev–Trinajstić information content (AvgIpc) is 3.05. The van der Waals surface area contributed by atoms with Crippen molar-refractivity contribution in [1.29, 1.82) is 0 Å². The van der Waals surface area contributed by atoms with Crippen LogP contribution in [0.3, 0.4) is 0 Å². The first-order chi connectivity index (χ1) is 8.74. The Morgan fingerprint density at radius 2 is 2.11 bits per heavy atom. The Balaban J connectivity index is 1.73. The molecular formula is C14H17ClFNO. The first-order valence-corrected chi connectivity index (χ1v) is 6.94. The summed E-state index contributed by atoms with van der Waals surface area (Å²) in [5, 5.41) is 3.51. The Bertz CT molecular complexity index is 430. The molecule has 1 N–H and O–H groups in total. The molecule has 2 unspecified atom stereocenters. The molecule has 0 aromatic heterocycles. The van der Waals surface area contributed by atoms with Gasteiger partial charge in [0.05, 0.1) is 5.02 Å². The highest BCUT2D eigenvalue weighted by Crippen LogP contribution is 2.40. The van der Waals surface area contributed by atoms with Gasteiger partial charge in [0.2, 0.25) is 0 Å². The maximum Gasteiger partial charge on any atom is 0.145 e. The van der Waals surface area contributed by atoms with E-state index in [1.165, 1.54) is 18.9 Å². The first kappa shape index (κ1) is 12.2. The Kier molecular flexibility index (Phi) is 3.44. The van der Waals surface area contributed by atoms with Crippen LogP contribution in [0.5, 0.6) is 5.75 Å². The summed E-state index contributed by atoms with van der Waals surface area (Å²) in [4.78, 5) is 0. The van der Waals surface area contributed by atoms with Gasteiger partial charge in [-0.15, -0.1) is 0 Å². The fourth-order valence-electron chi connectivity index (χ4n) is 2.67. The lowest BCUT2D eigenvalue weighted by atomic mass is 9.97. The average molecular weight is 270 g/mol. The lowest BCUT2D eigenvalue weighted by Gasteiger charge is -2.24. The van der Waals surface area contributed by atoms with Gasteiger partial charge in [-0.3, -0.25) is 0 Å². The van der Waals surface area contributed by atoms with E-state index in [1.54, 1.807) is 12.1 Å². The van der Waals surface area contributed by atoms with Gasteiger partial charge >= 0.3 is 0 Å². The van der Waals surface area contributed by atoms with Gasteiger partial charge in [-0.05, 0) is 43.9 Å². The molecule has 2 fully saturated rings. The number of hydrogen-bond donors (Lipinski definition) is 1. The maximum absolute atomic E-state index is 13.4. The third kappa shape index (κ3) is 2.62. The predicted octanol–water partition coefficient (Wildman–Crippen LogP) is 3.25. The van der Waals surface area contributed by atoms with E-state index in [2.05, 4.69) is 5.32 Å². The Hall–Kier alpha value is -0.800. The van der Waals surface area contributed by atoms with Crippen LogP contribution in [-0.2, 0) is 0 Å². The second-order valence-corrected chi connectivity index (χ2v) is 5.66. The molecule has 2 nitrogen and oxygen atoms in total. The highest BCUT2D eigenvalue weighted by Gasteiger charge is 2.39. The monoisotopic (exact) mass is 269 g/mol. The van der Waals surface area contributed by atoms with Crippen molar-refractivity contribution in [2.75, 3.05) is 13.1 Å². The normalized spacial score (nSPS) is 25.1. The van der Waals surface area contributed by atoms with Crippen molar-refractivity contribution in [3.8, 4) is 5.75 Å². The maximum atomic E-state index is 13.4. The molecule has 0 amide bonds. The van der Waals surface area contributed by atoms with E-state index in [0.717, 1.165) is 19.5 Å². The van der Waals surface area contributed by atoms with Gasteiger partial charge in [0.25, 0.3) is 0 Å². The van der Waals surface area contributed by atoms with Crippen molar-refractivity contribution in [2.45, 2.75) is 25.4 Å². The number of benzene rings is 1. The third-order valence-corrected chi connectivity index (χ3v) is 4.12. The lowest BCUT2D eigenvalue weighted by molar-refractivity contribution is 0.120. The summed E-state index contributed by atoms with van der Waals surface area (Å²) in [5.41, 5.74) is 0. The topological polar surface area (TPSA) is 21.3 Å². The van der Waals surface area contributed by atoms with Crippen molar-refractivity contribution >= 4 is 11.6 Å². The minimum atomic E-state index is -0.409. The molecule has 1 saturated carbocycles. The Morgan fingerprint density at radius 3 is 2.72 bits per heavy atom. The van der Waals surface area contributed by atoms with Crippen LogP contribution in [0.25, 0.3) is 0 Å². The lowest BCUT2D eigenvalue weighted by Crippen LogP contribution is -2.30. The summed E-state index contributed by atoms with van der Waals surface area (Å²) >= 11 is 5.68. The molecule has 1 aliphatic heterocycles. The number of nitrogens with one attached hydrogen (secondary N) is 1. The minimum Gasteiger partial charge on any atom is -0.490 e. The summed E-state index contributed by atoms with van der Waals surface area (Å²) in [7, 11) is 0.